The maximum Gasteiger partial charge on any atom is 0.242 e. The van der Waals surface area contributed by atoms with Crippen LogP contribution in [0.5, 0.6) is 0 Å². The summed E-state index contributed by atoms with van der Waals surface area (Å²) in [7, 11) is 0. The van der Waals surface area contributed by atoms with Gasteiger partial charge in [0.25, 0.3) is 0 Å². The number of rotatable bonds is 4. The summed E-state index contributed by atoms with van der Waals surface area (Å²) in [6, 6.07) is 10.3. The Kier molecular flexibility index (Phi) is 3.40. The molecule has 0 unspecified atom stereocenters. The highest BCUT2D eigenvalue weighted by Gasteiger charge is 2.50. The zero-order valence-electron chi connectivity index (χ0n) is 12.6. The van der Waals surface area contributed by atoms with Gasteiger partial charge in [-0.25, -0.2) is 0 Å². The summed E-state index contributed by atoms with van der Waals surface area (Å²) in [6.45, 7) is 0.742. The molecule has 1 aromatic rings. The molecular formula is C18H22N2O2. The van der Waals surface area contributed by atoms with E-state index in [1.807, 2.05) is 6.07 Å². The average molecular weight is 298 g/mol. The number of nitrogens with one attached hydrogen (secondary N) is 2. The van der Waals surface area contributed by atoms with Gasteiger partial charge in [0.2, 0.25) is 11.8 Å². The topological polar surface area (TPSA) is 58.2 Å². The van der Waals surface area contributed by atoms with Gasteiger partial charge in [-0.3, -0.25) is 9.59 Å². The van der Waals surface area contributed by atoms with Gasteiger partial charge >= 0.3 is 0 Å². The van der Waals surface area contributed by atoms with Crippen LogP contribution in [-0.2, 0) is 9.59 Å². The van der Waals surface area contributed by atoms with E-state index in [0.717, 1.165) is 32.2 Å². The van der Waals surface area contributed by atoms with Crippen molar-refractivity contribution in [2.45, 2.75) is 37.6 Å². The van der Waals surface area contributed by atoms with E-state index in [0.29, 0.717) is 11.8 Å². The minimum atomic E-state index is -0.281. The summed E-state index contributed by atoms with van der Waals surface area (Å²) >= 11 is 0. The third-order valence-corrected chi connectivity index (χ3v) is 5.74. The SMILES string of the molecule is O=C1N[C@@H](C(=O)NCC2CC(c3ccccc3)C2)[C@@H]2CC[C@H]12. The number of hydrogen-bond acceptors (Lipinski definition) is 2. The molecule has 2 N–H and O–H groups in total. The number of amides is 2. The third kappa shape index (κ3) is 2.31. The molecule has 4 nitrogen and oxygen atoms in total. The Labute approximate surface area is 130 Å². The molecule has 2 amide bonds. The average Bonchev–Trinajstić information content (AvgIpc) is 2.66. The third-order valence-electron chi connectivity index (χ3n) is 5.74. The molecule has 0 radical (unpaired) electrons. The Morgan fingerprint density at radius 3 is 2.59 bits per heavy atom. The predicted molar refractivity (Wildman–Crippen MR) is 83.1 cm³/mol. The molecule has 1 saturated heterocycles. The van der Waals surface area contributed by atoms with Crippen LogP contribution in [0.4, 0.5) is 0 Å². The molecule has 2 aliphatic carbocycles. The van der Waals surface area contributed by atoms with Crippen LogP contribution in [0.2, 0.25) is 0 Å². The molecule has 0 aromatic heterocycles. The van der Waals surface area contributed by atoms with Gasteiger partial charge in [-0.15, -0.1) is 0 Å². The van der Waals surface area contributed by atoms with Crippen LogP contribution < -0.4 is 10.6 Å². The molecule has 4 rings (SSSR count). The van der Waals surface area contributed by atoms with Crippen LogP contribution in [-0.4, -0.2) is 24.4 Å². The van der Waals surface area contributed by atoms with Crippen LogP contribution in [0.3, 0.4) is 0 Å². The van der Waals surface area contributed by atoms with Crippen LogP contribution in [0.15, 0.2) is 30.3 Å². The molecule has 3 aliphatic rings. The summed E-state index contributed by atoms with van der Waals surface area (Å²) in [5, 5.41) is 5.91. The summed E-state index contributed by atoms with van der Waals surface area (Å²) in [4.78, 5) is 23.9. The van der Waals surface area contributed by atoms with Crippen molar-refractivity contribution in [3.63, 3.8) is 0 Å². The van der Waals surface area contributed by atoms with Gasteiger partial charge in [0.1, 0.15) is 6.04 Å². The van der Waals surface area contributed by atoms with Crippen LogP contribution >= 0.6 is 0 Å². The van der Waals surface area contributed by atoms with Crippen molar-refractivity contribution in [1.29, 1.82) is 0 Å². The molecule has 0 spiro atoms. The summed E-state index contributed by atoms with van der Waals surface area (Å²) < 4.78 is 0. The highest BCUT2D eigenvalue weighted by Crippen LogP contribution is 2.42. The monoisotopic (exact) mass is 298 g/mol. The zero-order chi connectivity index (χ0) is 15.1. The van der Waals surface area contributed by atoms with Gasteiger partial charge in [-0.05, 0) is 49.0 Å². The lowest BCUT2D eigenvalue weighted by molar-refractivity contribution is -0.126. The van der Waals surface area contributed by atoms with Crippen molar-refractivity contribution in [2.75, 3.05) is 6.54 Å². The smallest absolute Gasteiger partial charge is 0.242 e. The fourth-order valence-electron chi connectivity index (χ4n) is 4.13. The normalized spacial score (nSPS) is 35.8. The van der Waals surface area contributed by atoms with Gasteiger partial charge in [0, 0.05) is 12.5 Å². The molecule has 1 aliphatic heterocycles. The maximum atomic E-state index is 12.3. The molecule has 1 aromatic carbocycles. The van der Waals surface area contributed by atoms with Crippen molar-refractivity contribution in [3.05, 3.63) is 35.9 Å². The van der Waals surface area contributed by atoms with Crippen molar-refractivity contribution in [1.82, 2.24) is 10.6 Å². The lowest BCUT2D eigenvalue weighted by Gasteiger charge is -2.36. The Bertz CT molecular complexity index is 580. The van der Waals surface area contributed by atoms with E-state index in [1.54, 1.807) is 0 Å². The van der Waals surface area contributed by atoms with E-state index in [9.17, 15) is 9.59 Å². The largest absolute Gasteiger partial charge is 0.354 e. The number of hydrogen-bond donors (Lipinski definition) is 2. The Balaban J connectivity index is 1.23. The van der Waals surface area contributed by atoms with E-state index < -0.39 is 0 Å². The first-order chi connectivity index (χ1) is 10.7. The van der Waals surface area contributed by atoms with Gasteiger partial charge in [-0.2, -0.15) is 0 Å². The zero-order valence-corrected chi connectivity index (χ0v) is 12.6. The number of benzene rings is 1. The van der Waals surface area contributed by atoms with E-state index in [1.165, 1.54) is 5.56 Å². The quantitative estimate of drug-likeness (QED) is 0.891. The molecular weight excluding hydrogens is 276 g/mol. The first kappa shape index (κ1) is 13.8. The summed E-state index contributed by atoms with van der Waals surface area (Å²) in [5.41, 5.74) is 1.41. The van der Waals surface area contributed by atoms with Crippen molar-refractivity contribution >= 4 is 11.8 Å². The molecule has 116 valence electrons. The van der Waals surface area contributed by atoms with Crippen molar-refractivity contribution < 1.29 is 9.59 Å². The highest BCUT2D eigenvalue weighted by molar-refractivity contribution is 5.93. The van der Waals surface area contributed by atoms with E-state index in [-0.39, 0.29) is 29.7 Å². The van der Waals surface area contributed by atoms with E-state index in [4.69, 9.17) is 0 Å². The number of carbonyl (C=O) groups excluding carboxylic acids is 2. The lowest BCUT2D eigenvalue weighted by atomic mass is 9.71. The standard InChI is InChI=1S/C18H22N2O2/c21-17-15-7-6-14(15)16(20-17)18(22)19-10-11-8-13(9-11)12-4-2-1-3-5-12/h1-5,11,13-16H,6-10H2,(H,19,22)(H,20,21)/t11?,13?,14-,15+,16-/m1/s1. The highest BCUT2D eigenvalue weighted by atomic mass is 16.2. The van der Waals surface area contributed by atoms with Crippen LogP contribution in [0.1, 0.15) is 37.2 Å². The fraction of sp³-hybridized carbons (Fsp3) is 0.556. The maximum absolute atomic E-state index is 12.3. The van der Waals surface area contributed by atoms with E-state index >= 15 is 0 Å². The molecule has 2 saturated carbocycles. The predicted octanol–water partition coefficient (Wildman–Crippen LogP) is 1.82. The molecule has 3 atom stereocenters. The second-order valence-electron chi connectivity index (χ2n) is 7.02. The van der Waals surface area contributed by atoms with E-state index in [2.05, 4.69) is 34.9 Å². The van der Waals surface area contributed by atoms with Gasteiger partial charge < -0.3 is 10.6 Å². The lowest BCUT2D eigenvalue weighted by Crippen LogP contribution is -2.47. The summed E-state index contributed by atoms with van der Waals surface area (Å²) in [6.07, 6.45) is 4.24. The summed E-state index contributed by atoms with van der Waals surface area (Å²) in [5.74, 6) is 1.65. The Morgan fingerprint density at radius 2 is 1.95 bits per heavy atom. The molecule has 4 heteroatoms. The van der Waals surface area contributed by atoms with Gasteiger partial charge in [0.05, 0.1) is 0 Å². The van der Waals surface area contributed by atoms with Crippen molar-refractivity contribution in [3.8, 4) is 0 Å². The van der Waals surface area contributed by atoms with Gasteiger partial charge in [0.15, 0.2) is 0 Å². The Morgan fingerprint density at radius 1 is 1.18 bits per heavy atom. The van der Waals surface area contributed by atoms with Crippen LogP contribution in [0.25, 0.3) is 0 Å². The fourth-order valence-corrected chi connectivity index (χ4v) is 4.13. The number of fused-ring (bicyclic) bond motifs is 1. The minimum absolute atomic E-state index is 0.0173. The molecule has 1 heterocycles. The van der Waals surface area contributed by atoms with Crippen molar-refractivity contribution in [2.24, 2.45) is 17.8 Å². The first-order valence-electron chi connectivity index (χ1n) is 8.35. The van der Waals surface area contributed by atoms with Gasteiger partial charge in [-0.1, -0.05) is 30.3 Å². The van der Waals surface area contributed by atoms with Crippen LogP contribution in [0, 0.1) is 17.8 Å². The first-order valence-corrected chi connectivity index (χ1v) is 8.35. The second-order valence-corrected chi connectivity index (χ2v) is 7.02. The second kappa shape index (κ2) is 5.41. The number of carbonyl (C=O) groups is 2. The molecule has 3 fully saturated rings. The molecule has 0 bridgehead atoms. The molecule has 22 heavy (non-hydrogen) atoms. The minimum Gasteiger partial charge on any atom is -0.354 e. The Hall–Kier alpha value is -1.84.